The van der Waals surface area contributed by atoms with Crippen molar-refractivity contribution in [2.75, 3.05) is 16.2 Å². The van der Waals surface area contributed by atoms with Gasteiger partial charge in [-0.05, 0) is 36.1 Å². The first-order chi connectivity index (χ1) is 13.3. The quantitative estimate of drug-likeness (QED) is 0.804. The van der Waals surface area contributed by atoms with Crippen LogP contribution in [0.15, 0.2) is 36.4 Å². The summed E-state index contributed by atoms with van der Waals surface area (Å²) in [5, 5.41) is 9.12. The molecule has 0 spiro atoms. The van der Waals surface area contributed by atoms with Crippen molar-refractivity contribution in [2.45, 2.75) is 31.9 Å². The molecule has 0 atom stereocenters. The number of nitrogens with one attached hydrogen (secondary N) is 1. The molecule has 3 rings (SSSR count). The minimum atomic E-state index is -3.85. The minimum absolute atomic E-state index is 0.108. The fourth-order valence-corrected chi connectivity index (χ4v) is 4.56. The lowest BCUT2D eigenvalue weighted by atomic mass is 10.00. The highest BCUT2D eigenvalue weighted by Crippen LogP contribution is 2.34. The zero-order valence-corrected chi connectivity index (χ0v) is 16.2. The van der Waals surface area contributed by atoms with Crippen molar-refractivity contribution >= 4 is 27.3 Å². The molecule has 0 radical (unpaired) electrons. The summed E-state index contributed by atoms with van der Waals surface area (Å²) in [5.41, 5.74) is 1.59. The lowest BCUT2D eigenvalue weighted by Crippen LogP contribution is -2.36. The number of carbonyl (C=O) groups is 1. The Bertz CT molecular complexity index is 1060. The normalized spacial score (nSPS) is 13.8. The number of amides is 1. The second-order valence-electron chi connectivity index (χ2n) is 6.64. The molecule has 1 heterocycles. The van der Waals surface area contributed by atoms with Gasteiger partial charge in [-0.25, -0.2) is 12.8 Å². The van der Waals surface area contributed by atoms with E-state index >= 15 is 0 Å². The minimum Gasteiger partial charge on any atom is -0.309 e. The van der Waals surface area contributed by atoms with Crippen LogP contribution in [0.1, 0.15) is 36.5 Å². The van der Waals surface area contributed by atoms with Crippen molar-refractivity contribution < 1.29 is 17.6 Å². The lowest BCUT2D eigenvalue weighted by Gasteiger charge is -2.30. The highest BCUT2D eigenvalue weighted by atomic mass is 32.2. The van der Waals surface area contributed by atoms with Gasteiger partial charge in [-0.2, -0.15) is 5.26 Å². The van der Waals surface area contributed by atoms with Gasteiger partial charge >= 0.3 is 0 Å². The summed E-state index contributed by atoms with van der Waals surface area (Å²) in [4.78, 5) is 13.5. The molecule has 2 aromatic rings. The summed E-state index contributed by atoms with van der Waals surface area (Å²) in [5.74, 6) is -1.15. The zero-order chi connectivity index (χ0) is 20.3. The molecule has 0 saturated heterocycles. The molecule has 0 saturated carbocycles. The van der Waals surface area contributed by atoms with E-state index in [2.05, 4.69) is 4.72 Å². The second kappa shape index (κ2) is 7.98. The number of rotatable bonds is 6. The molecule has 1 amide bonds. The van der Waals surface area contributed by atoms with Crippen LogP contribution in [0.4, 0.5) is 15.8 Å². The van der Waals surface area contributed by atoms with Gasteiger partial charge in [0.05, 0.1) is 28.8 Å². The number of fused-ring (bicyclic) bond motifs is 1. The summed E-state index contributed by atoms with van der Waals surface area (Å²) < 4.78 is 42.2. The van der Waals surface area contributed by atoms with Crippen molar-refractivity contribution in [1.29, 1.82) is 5.26 Å². The van der Waals surface area contributed by atoms with Crippen LogP contribution < -0.4 is 9.62 Å². The maximum absolute atomic E-state index is 14.7. The molecule has 0 bridgehead atoms. The van der Waals surface area contributed by atoms with E-state index in [4.69, 9.17) is 5.26 Å². The summed E-state index contributed by atoms with van der Waals surface area (Å²) >= 11 is 0. The van der Waals surface area contributed by atoms with Gasteiger partial charge in [0.2, 0.25) is 15.9 Å². The van der Waals surface area contributed by atoms with Gasteiger partial charge < -0.3 is 4.90 Å². The van der Waals surface area contributed by atoms with Crippen LogP contribution in [-0.2, 0) is 27.0 Å². The number of anilines is 2. The van der Waals surface area contributed by atoms with E-state index in [9.17, 15) is 17.6 Å². The van der Waals surface area contributed by atoms with Crippen molar-refractivity contribution in [1.82, 2.24) is 0 Å². The molecule has 1 aliphatic heterocycles. The van der Waals surface area contributed by atoms with Gasteiger partial charge in [0.15, 0.2) is 0 Å². The summed E-state index contributed by atoms with van der Waals surface area (Å²) in [7, 11) is -3.85. The van der Waals surface area contributed by atoms with E-state index in [0.29, 0.717) is 30.5 Å². The Labute approximate surface area is 163 Å². The van der Waals surface area contributed by atoms with Gasteiger partial charge in [0.25, 0.3) is 0 Å². The van der Waals surface area contributed by atoms with Crippen molar-refractivity contribution in [2.24, 2.45) is 0 Å². The Hall–Kier alpha value is -2.92. The fourth-order valence-electron chi connectivity index (χ4n) is 3.34. The number of benzene rings is 2. The molecule has 1 N–H and O–H groups in total. The van der Waals surface area contributed by atoms with Gasteiger partial charge in [0, 0.05) is 19.0 Å². The predicted octanol–water partition coefficient (Wildman–Crippen LogP) is 3.33. The van der Waals surface area contributed by atoms with Gasteiger partial charge in [-0.15, -0.1) is 0 Å². The molecule has 8 heteroatoms. The summed E-state index contributed by atoms with van der Waals surface area (Å²) in [6.07, 6.45) is 1.31. The van der Waals surface area contributed by atoms with Crippen LogP contribution in [0.25, 0.3) is 0 Å². The first-order valence-corrected chi connectivity index (χ1v) is 10.6. The molecule has 0 aliphatic carbocycles. The van der Waals surface area contributed by atoms with Gasteiger partial charge in [0.1, 0.15) is 5.82 Å². The Kier molecular flexibility index (Phi) is 5.66. The summed E-state index contributed by atoms with van der Waals surface area (Å²) in [6.45, 7) is 2.32. The molecular formula is C20H20FN3O3S. The first-order valence-electron chi connectivity index (χ1n) is 8.96. The third-order valence-electron chi connectivity index (χ3n) is 4.53. The number of nitriles is 1. The average Bonchev–Trinajstić information content (AvgIpc) is 2.64. The Balaban J connectivity index is 1.88. The molecule has 0 unspecified atom stereocenters. The smallest absolute Gasteiger partial charge is 0.236 e. The van der Waals surface area contributed by atoms with Crippen molar-refractivity contribution in [3.05, 3.63) is 58.9 Å². The molecule has 0 aromatic heterocycles. The number of nitrogens with zero attached hydrogens (tertiary/aromatic N) is 2. The van der Waals surface area contributed by atoms with Gasteiger partial charge in [-0.1, -0.05) is 25.1 Å². The number of aryl methyl sites for hydroxylation is 1. The van der Waals surface area contributed by atoms with E-state index in [-0.39, 0.29) is 29.3 Å². The maximum Gasteiger partial charge on any atom is 0.236 e. The van der Waals surface area contributed by atoms with E-state index in [1.54, 1.807) is 30.3 Å². The molecule has 6 nitrogen and oxygen atoms in total. The fraction of sp³-hybridized carbons (Fsp3) is 0.300. The first kappa shape index (κ1) is 19.8. The molecule has 1 aliphatic rings. The second-order valence-corrected chi connectivity index (χ2v) is 8.36. The lowest BCUT2D eigenvalue weighted by molar-refractivity contribution is -0.118. The Morgan fingerprint density at radius 3 is 2.71 bits per heavy atom. The van der Waals surface area contributed by atoms with Crippen LogP contribution in [0, 0.1) is 17.1 Å². The number of hydrogen-bond donors (Lipinski definition) is 1. The van der Waals surface area contributed by atoms with E-state index in [1.165, 1.54) is 4.90 Å². The molecule has 146 valence electrons. The number of halogens is 1. The largest absolute Gasteiger partial charge is 0.309 e. The van der Waals surface area contributed by atoms with Crippen LogP contribution in [0.2, 0.25) is 0 Å². The molecular weight excluding hydrogens is 381 g/mol. The van der Waals surface area contributed by atoms with Crippen LogP contribution in [0.5, 0.6) is 0 Å². The number of carbonyl (C=O) groups excluding carboxylic acids is 1. The average molecular weight is 401 g/mol. The van der Waals surface area contributed by atoms with E-state index in [0.717, 1.165) is 6.07 Å². The van der Waals surface area contributed by atoms with Crippen LogP contribution in [-0.4, -0.2) is 20.9 Å². The monoisotopic (exact) mass is 401 g/mol. The zero-order valence-electron chi connectivity index (χ0n) is 15.4. The third kappa shape index (κ3) is 4.15. The SMILES string of the molecule is CCCN1C(=O)CCc2cc(NS(=O)(=O)Cc3ccccc3C#N)cc(F)c21. The standard InChI is InChI=1S/C20H20FN3O3S/c1-2-9-24-19(25)8-7-14-10-17(11-18(21)20(14)24)23-28(26,27)13-16-6-4-3-5-15(16)12-22/h3-6,10-11,23H,2,7-9,13H2,1H3. The number of sulfonamides is 1. The third-order valence-corrected chi connectivity index (χ3v) is 5.76. The van der Waals surface area contributed by atoms with Gasteiger partial charge in [-0.3, -0.25) is 9.52 Å². The Morgan fingerprint density at radius 1 is 1.25 bits per heavy atom. The van der Waals surface area contributed by atoms with E-state index < -0.39 is 21.6 Å². The topological polar surface area (TPSA) is 90.3 Å². The van der Waals surface area contributed by atoms with E-state index in [1.807, 2.05) is 13.0 Å². The highest BCUT2D eigenvalue weighted by molar-refractivity contribution is 7.91. The van der Waals surface area contributed by atoms with Crippen LogP contribution in [0.3, 0.4) is 0 Å². The predicted molar refractivity (Wildman–Crippen MR) is 105 cm³/mol. The molecule has 0 fully saturated rings. The van der Waals surface area contributed by atoms with Crippen LogP contribution >= 0.6 is 0 Å². The maximum atomic E-state index is 14.7. The number of hydrogen-bond acceptors (Lipinski definition) is 4. The molecule has 28 heavy (non-hydrogen) atoms. The van der Waals surface area contributed by atoms with Crippen molar-refractivity contribution in [3.63, 3.8) is 0 Å². The molecule has 2 aromatic carbocycles. The highest BCUT2D eigenvalue weighted by Gasteiger charge is 2.27. The summed E-state index contributed by atoms with van der Waals surface area (Å²) in [6, 6.07) is 11.1. The van der Waals surface area contributed by atoms with Crippen molar-refractivity contribution in [3.8, 4) is 6.07 Å². The Morgan fingerprint density at radius 2 is 2.00 bits per heavy atom.